The molecule has 0 amide bonds. The van der Waals surface area contributed by atoms with Gasteiger partial charge in [-0.2, -0.15) is 0 Å². The summed E-state index contributed by atoms with van der Waals surface area (Å²) in [6.45, 7) is 19.7. The molecule has 0 aliphatic heterocycles. The number of ether oxygens (including phenoxy) is 1. The van der Waals surface area contributed by atoms with E-state index in [9.17, 15) is 9.59 Å². The van der Waals surface area contributed by atoms with Crippen molar-refractivity contribution in [2.45, 2.75) is 79.9 Å². The third kappa shape index (κ3) is 24.2. The number of carboxylic acid groups (broad SMARTS) is 1. The van der Waals surface area contributed by atoms with Crippen LogP contribution in [-0.2, 0) is 9.59 Å². The molecule has 2 atom stereocenters. The fourth-order valence-electron chi connectivity index (χ4n) is 2.55. The van der Waals surface area contributed by atoms with E-state index in [0.29, 0.717) is 29.6 Å². The van der Waals surface area contributed by atoms with Gasteiger partial charge in [0.25, 0.3) is 0 Å². The maximum absolute atomic E-state index is 11.0. The minimum absolute atomic E-state index is 0.191. The molecule has 200 valence electrons. The van der Waals surface area contributed by atoms with Gasteiger partial charge < -0.3 is 20.1 Å². The summed E-state index contributed by atoms with van der Waals surface area (Å²) in [5, 5.41) is 25.7. The van der Waals surface area contributed by atoms with Gasteiger partial charge in [-0.15, -0.1) is 13.2 Å². The SMILES string of the molecule is C=CC[C@@H](C)CCC(=O)CC(=O)O.C=C[C@H](C)C/C(C)=C/C.CC.COc1ccc(C(O)O)cc1. The molecule has 6 heteroatoms. The number of carbonyl (C=O) groups excluding carboxylic acids is 1. The van der Waals surface area contributed by atoms with E-state index >= 15 is 0 Å². The summed E-state index contributed by atoms with van der Waals surface area (Å²) in [6.07, 6.45) is 7.35. The Balaban J connectivity index is -0.000000429. The number of aliphatic hydroxyl groups excluding tert-OH is 1. The van der Waals surface area contributed by atoms with Crippen LogP contribution in [0.1, 0.15) is 85.5 Å². The number of carbonyl (C=O) groups is 2. The zero-order valence-electron chi connectivity index (χ0n) is 22.8. The highest BCUT2D eigenvalue weighted by Gasteiger charge is 2.09. The second kappa shape index (κ2) is 24.4. The van der Waals surface area contributed by atoms with Crippen LogP contribution in [0, 0.1) is 11.8 Å². The minimum Gasteiger partial charge on any atom is -0.497 e. The second-order valence-electron chi connectivity index (χ2n) is 7.98. The monoisotopic (exact) mass is 492 g/mol. The summed E-state index contributed by atoms with van der Waals surface area (Å²) < 4.78 is 4.89. The molecule has 0 bridgehead atoms. The van der Waals surface area contributed by atoms with Crippen molar-refractivity contribution < 1.29 is 29.6 Å². The van der Waals surface area contributed by atoms with Gasteiger partial charge in [0.1, 0.15) is 18.0 Å². The van der Waals surface area contributed by atoms with Gasteiger partial charge in [0.2, 0.25) is 0 Å². The number of benzene rings is 1. The van der Waals surface area contributed by atoms with Crippen LogP contribution in [0.25, 0.3) is 0 Å². The Hall–Kier alpha value is -2.70. The van der Waals surface area contributed by atoms with Crippen LogP contribution in [-0.4, -0.2) is 34.2 Å². The van der Waals surface area contributed by atoms with E-state index in [-0.39, 0.29) is 12.2 Å². The molecule has 35 heavy (non-hydrogen) atoms. The third-order valence-corrected chi connectivity index (χ3v) is 4.79. The summed E-state index contributed by atoms with van der Waals surface area (Å²) in [5.41, 5.74) is 1.91. The van der Waals surface area contributed by atoms with E-state index in [1.807, 2.05) is 32.9 Å². The predicted octanol–water partition coefficient (Wildman–Crippen LogP) is 6.89. The average Bonchev–Trinajstić information content (AvgIpc) is 2.84. The Morgan fingerprint density at radius 1 is 1.09 bits per heavy atom. The Kier molecular flexibility index (Phi) is 25.7. The first-order chi connectivity index (χ1) is 16.5. The summed E-state index contributed by atoms with van der Waals surface area (Å²) in [5.74, 6) is 0.510. The molecular weight excluding hydrogens is 444 g/mol. The largest absolute Gasteiger partial charge is 0.497 e. The molecule has 0 saturated carbocycles. The van der Waals surface area contributed by atoms with Gasteiger partial charge in [0.15, 0.2) is 6.29 Å². The van der Waals surface area contributed by atoms with Crippen LogP contribution in [0.2, 0.25) is 0 Å². The zero-order chi connectivity index (χ0) is 27.8. The average molecular weight is 493 g/mol. The van der Waals surface area contributed by atoms with Gasteiger partial charge in [-0.25, -0.2) is 0 Å². The Labute approximate surface area is 213 Å². The van der Waals surface area contributed by atoms with E-state index in [2.05, 4.69) is 40.0 Å². The minimum atomic E-state index is -1.40. The summed E-state index contributed by atoms with van der Waals surface area (Å²) in [7, 11) is 1.56. The molecular formula is C29H48O6. The quantitative estimate of drug-likeness (QED) is 0.167. The highest BCUT2D eigenvalue weighted by atomic mass is 16.5. The first-order valence-corrected chi connectivity index (χ1v) is 12.1. The van der Waals surface area contributed by atoms with Gasteiger partial charge in [0.05, 0.1) is 7.11 Å². The van der Waals surface area contributed by atoms with E-state index in [0.717, 1.165) is 19.3 Å². The number of allylic oxidation sites excluding steroid dienone is 4. The molecule has 6 nitrogen and oxygen atoms in total. The Morgan fingerprint density at radius 3 is 2.00 bits per heavy atom. The van der Waals surface area contributed by atoms with Crippen molar-refractivity contribution in [3.8, 4) is 5.75 Å². The lowest BCUT2D eigenvalue weighted by Gasteiger charge is -2.06. The number of methoxy groups -OCH3 is 1. The second-order valence-corrected chi connectivity index (χ2v) is 7.98. The van der Waals surface area contributed by atoms with Crippen LogP contribution in [0.15, 0.2) is 61.2 Å². The molecule has 3 N–H and O–H groups in total. The molecule has 1 aromatic rings. The number of hydrogen-bond donors (Lipinski definition) is 3. The van der Waals surface area contributed by atoms with Crippen LogP contribution >= 0.6 is 0 Å². The first-order valence-electron chi connectivity index (χ1n) is 12.1. The molecule has 0 aromatic heterocycles. The van der Waals surface area contributed by atoms with Gasteiger partial charge >= 0.3 is 5.97 Å². The number of aliphatic carboxylic acids is 1. The van der Waals surface area contributed by atoms with Crippen LogP contribution in [0.4, 0.5) is 0 Å². The van der Waals surface area contributed by atoms with Crippen molar-refractivity contribution in [2.24, 2.45) is 11.8 Å². The van der Waals surface area contributed by atoms with Crippen LogP contribution < -0.4 is 4.74 Å². The summed E-state index contributed by atoms with van der Waals surface area (Å²) >= 11 is 0. The number of hydrogen-bond acceptors (Lipinski definition) is 5. The molecule has 0 aliphatic rings. The maximum atomic E-state index is 11.0. The molecule has 0 aliphatic carbocycles. The van der Waals surface area contributed by atoms with Crippen molar-refractivity contribution in [3.63, 3.8) is 0 Å². The van der Waals surface area contributed by atoms with Crippen molar-refractivity contribution in [2.75, 3.05) is 7.11 Å². The lowest BCUT2D eigenvalue weighted by Crippen LogP contribution is -2.07. The maximum Gasteiger partial charge on any atom is 0.310 e. The molecule has 0 saturated heterocycles. The number of rotatable bonds is 12. The van der Waals surface area contributed by atoms with E-state index in [4.69, 9.17) is 20.1 Å². The molecule has 0 unspecified atom stereocenters. The number of Topliss-reactive ketones (excluding diaryl/α,β-unsaturated/α-hetero) is 1. The normalized spacial score (nSPS) is 11.8. The molecule has 0 fully saturated rings. The Bertz CT molecular complexity index is 719. The predicted molar refractivity (Wildman–Crippen MR) is 145 cm³/mol. The van der Waals surface area contributed by atoms with Crippen molar-refractivity contribution in [3.05, 3.63) is 66.8 Å². The fraction of sp³-hybridized carbons (Fsp3) is 0.517. The van der Waals surface area contributed by atoms with E-state index in [1.165, 1.54) is 5.57 Å². The van der Waals surface area contributed by atoms with Gasteiger partial charge in [-0.05, 0) is 57.1 Å². The molecule has 1 rings (SSSR count). The highest BCUT2D eigenvalue weighted by molar-refractivity contribution is 5.94. The van der Waals surface area contributed by atoms with Crippen molar-refractivity contribution in [1.82, 2.24) is 0 Å². The summed E-state index contributed by atoms with van der Waals surface area (Å²) in [6, 6.07) is 6.55. The smallest absolute Gasteiger partial charge is 0.310 e. The lowest BCUT2D eigenvalue weighted by atomic mass is 9.99. The number of ketones is 1. The van der Waals surface area contributed by atoms with Crippen LogP contribution in [0.3, 0.4) is 0 Å². The fourth-order valence-corrected chi connectivity index (χ4v) is 2.55. The molecule has 0 spiro atoms. The standard InChI is InChI=1S/C10H16O3.C9H16.C8H10O3.C2H6/c1-3-4-8(2)5-6-9(11)7-10(12)13;1-5-8(3)7-9(4)6-2;1-11-7-4-2-6(3-5-7)8(9)10;1-2/h3,8H,1,4-7H2,2H3,(H,12,13);5-6,8H,1,7H2,2-4H3;2-5,8-10H,1H3;1-2H3/b;9-6+;;/t2*8-;;/m10../s1. The number of carboxylic acids is 1. The molecule has 1 aromatic carbocycles. The van der Waals surface area contributed by atoms with Gasteiger partial charge in [-0.1, -0.05) is 63.6 Å². The summed E-state index contributed by atoms with van der Waals surface area (Å²) in [4.78, 5) is 21.1. The van der Waals surface area contributed by atoms with Gasteiger partial charge in [-0.3, -0.25) is 9.59 Å². The van der Waals surface area contributed by atoms with Crippen LogP contribution in [0.5, 0.6) is 5.75 Å². The molecule has 0 heterocycles. The Morgan fingerprint density at radius 2 is 1.63 bits per heavy atom. The van der Waals surface area contributed by atoms with E-state index in [1.54, 1.807) is 31.4 Å². The molecule has 0 radical (unpaired) electrons. The van der Waals surface area contributed by atoms with Gasteiger partial charge in [0, 0.05) is 12.0 Å². The van der Waals surface area contributed by atoms with Crippen molar-refractivity contribution in [1.29, 1.82) is 0 Å². The highest BCUT2D eigenvalue weighted by Crippen LogP contribution is 2.15. The number of aliphatic hydroxyl groups is 2. The zero-order valence-corrected chi connectivity index (χ0v) is 22.8. The van der Waals surface area contributed by atoms with E-state index < -0.39 is 12.3 Å². The third-order valence-electron chi connectivity index (χ3n) is 4.79. The first kappa shape index (κ1) is 36.9. The lowest BCUT2D eigenvalue weighted by molar-refractivity contribution is -0.140. The topological polar surface area (TPSA) is 104 Å². The van der Waals surface area contributed by atoms with Crippen molar-refractivity contribution >= 4 is 11.8 Å².